The Hall–Kier alpha value is -2.25. The molecule has 1 aliphatic heterocycles. The number of amides is 2. The number of hydrogen-bond acceptors (Lipinski definition) is 5. The molecule has 26 heavy (non-hydrogen) atoms. The van der Waals surface area contributed by atoms with E-state index in [1.807, 2.05) is 17.5 Å². The van der Waals surface area contributed by atoms with Gasteiger partial charge in [0.15, 0.2) is 5.13 Å². The van der Waals surface area contributed by atoms with Gasteiger partial charge in [0.1, 0.15) is 0 Å². The van der Waals surface area contributed by atoms with Crippen LogP contribution >= 0.6 is 11.3 Å². The highest BCUT2D eigenvalue weighted by Crippen LogP contribution is 2.19. The lowest BCUT2D eigenvalue weighted by Gasteiger charge is -2.25. The van der Waals surface area contributed by atoms with E-state index in [0.29, 0.717) is 5.13 Å². The summed E-state index contributed by atoms with van der Waals surface area (Å²) in [7, 11) is 0. The minimum Gasteiger partial charge on any atom is -0.326 e. The van der Waals surface area contributed by atoms with Gasteiger partial charge in [-0.1, -0.05) is 18.6 Å². The molecule has 6 nitrogen and oxygen atoms in total. The summed E-state index contributed by atoms with van der Waals surface area (Å²) in [6.45, 7) is 4.59. The van der Waals surface area contributed by atoms with Crippen molar-refractivity contribution < 1.29 is 9.59 Å². The van der Waals surface area contributed by atoms with E-state index in [1.165, 1.54) is 37.5 Å². The van der Waals surface area contributed by atoms with Gasteiger partial charge in [0, 0.05) is 24.5 Å². The van der Waals surface area contributed by atoms with Crippen LogP contribution in [0.4, 0.5) is 10.8 Å². The monoisotopic (exact) mass is 372 g/mol. The zero-order valence-electron chi connectivity index (χ0n) is 15.0. The third kappa shape index (κ3) is 5.64. The fraction of sp³-hybridized carbons (Fsp3) is 0.421. The van der Waals surface area contributed by atoms with Crippen molar-refractivity contribution in [2.75, 3.05) is 23.7 Å². The van der Waals surface area contributed by atoms with E-state index in [2.05, 4.69) is 20.5 Å². The van der Waals surface area contributed by atoms with Gasteiger partial charge in [0.05, 0.1) is 12.1 Å². The van der Waals surface area contributed by atoms with Crippen LogP contribution in [0.15, 0.2) is 29.6 Å². The molecular weight excluding hydrogens is 348 g/mol. The van der Waals surface area contributed by atoms with Gasteiger partial charge in [-0.05, 0) is 43.6 Å². The van der Waals surface area contributed by atoms with Gasteiger partial charge in [-0.2, -0.15) is 0 Å². The van der Waals surface area contributed by atoms with Gasteiger partial charge in [0.2, 0.25) is 11.8 Å². The lowest BCUT2D eigenvalue weighted by molar-refractivity contribution is -0.116. The maximum Gasteiger partial charge on any atom is 0.230 e. The normalized spacial score (nSPS) is 14.8. The number of likely N-dealkylation sites (tertiary alicyclic amines) is 1. The Morgan fingerprint density at radius 3 is 2.54 bits per heavy atom. The number of thiazole rings is 1. The molecule has 0 spiro atoms. The highest BCUT2D eigenvalue weighted by molar-refractivity contribution is 7.13. The summed E-state index contributed by atoms with van der Waals surface area (Å²) < 4.78 is 0. The largest absolute Gasteiger partial charge is 0.326 e. The zero-order valence-corrected chi connectivity index (χ0v) is 15.8. The van der Waals surface area contributed by atoms with E-state index in [0.717, 1.165) is 36.6 Å². The average Bonchev–Trinajstić information content (AvgIpc) is 3.04. The molecule has 0 radical (unpaired) electrons. The Balaban J connectivity index is 1.49. The summed E-state index contributed by atoms with van der Waals surface area (Å²) in [5.74, 6) is -0.198. The van der Waals surface area contributed by atoms with Gasteiger partial charge in [-0.25, -0.2) is 4.98 Å². The van der Waals surface area contributed by atoms with Crippen LogP contribution in [0.2, 0.25) is 0 Å². The first-order valence-electron chi connectivity index (χ1n) is 8.91. The van der Waals surface area contributed by atoms with Crippen molar-refractivity contribution in [3.63, 3.8) is 0 Å². The summed E-state index contributed by atoms with van der Waals surface area (Å²) in [4.78, 5) is 30.2. The van der Waals surface area contributed by atoms with Gasteiger partial charge in [0.25, 0.3) is 0 Å². The molecule has 0 atom stereocenters. The molecule has 0 unspecified atom stereocenters. The SMILES string of the molecule is CC(=O)Nc1ccc(CC(=O)Nc2nc(CN3CCCCC3)cs2)cc1. The highest BCUT2D eigenvalue weighted by Gasteiger charge is 2.13. The van der Waals surface area contributed by atoms with Crippen molar-refractivity contribution in [1.29, 1.82) is 0 Å². The van der Waals surface area contributed by atoms with E-state index in [4.69, 9.17) is 0 Å². The summed E-state index contributed by atoms with van der Waals surface area (Å²) >= 11 is 1.47. The van der Waals surface area contributed by atoms with Crippen LogP contribution in [-0.4, -0.2) is 34.8 Å². The Morgan fingerprint density at radius 1 is 1.12 bits per heavy atom. The Morgan fingerprint density at radius 2 is 1.85 bits per heavy atom. The third-order valence-electron chi connectivity index (χ3n) is 4.27. The molecule has 3 rings (SSSR count). The summed E-state index contributed by atoms with van der Waals surface area (Å²) in [6.07, 6.45) is 4.12. The topological polar surface area (TPSA) is 74.3 Å². The number of benzene rings is 1. The molecule has 0 saturated carbocycles. The first-order chi connectivity index (χ1) is 12.6. The van der Waals surface area contributed by atoms with Crippen LogP contribution in [0, 0.1) is 0 Å². The minimum atomic E-state index is -0.111. The van der Waals surface area contributed by atoms with E-state index >= 15 is 0 Å². The van der Waals surface area contributed by atoms with Crippen LogP contribution in [-0.2, 0) is 22.6 Å². The van der Waals surface area contributed by atoms with Crippen molar-refractivity contribution in [3.8, 4) is 0 Å². The first-order valence-corrected chi connectivity index (χ1v) is 9.79. The number of anilines is 2. The number of piperidine rings is 1. The number of nitrogens with one attached hydrogen (secondary N) is 2. The maximum atomic E-state index is 12.2. The van der Waals surface area contributed by atoms with Crippen molar-refractivity contribution in [1.82, 2.24) is 9.88 Å². The molecule has 2 amide bonds. The second kappa shape index (κ2) is 8.91. The molecule has 1 aromatic heterocycles. The van der Waals surface area contributed by atoms with E-state index in [1.54, 1.807) is 12.1 Å². The van der Waals surface area contributed by atoms with Crippen LogP contribution < -0.4 is 10.6 Å². The number of rotatable bonds is 6. The van der Waals surface area contributed by atoms with E-state index < -0.39 is 0 Å². The Kier molecular flexibility index (Phi) is 6.35. The fourth-order valence-electron chi connectivity index (χ4n) is 3.04. The molecule has 138 valence electrons. The molecule has 1 saturated heterocycles. The summed E-state index contributed by atoms with van der Waals surface area (Å²) in [6, 6.07) is 7.28. The van der Waals surface area contributed by atoms with Gasteiger partial charge in [-0.3, -0.25) is 14.5 Å². The molecule has 7 heteroatoms. The van der Waals surface area contributed by atoms with E-state index in [-0.39, 0.29) is 18.2 Å². The molecule has 0 bridgehead atoms. The molecule has 0 aliphatic carbocycles. The first kappa shape index (κ1) is 18.5. The predicted octanol–water partition coefficient (Wildman–Crippen LogP) is 3.27. The number of nitrogens with zero attached hydrogens (tertiary/aromatic N) is 2. The van der Waals surface area contributed by atoms with Gasteiger partial charge >= 0.3 is 0 Å². The quantitative estimate of drug-likeness (QED) is 0.816. The van der Waals surface area contributed by atoms with Crippen LogP contribution in [0.1, 0.15) is 37.4 Å². The minimum absolute atomic E-state index is 0.0869. The lowest BCUT2D eigenvalue weighted by Crippen LogP contribution is -2.29. The molecule has 2 heterocycles. The molecule has 1 aromatic carbocycles. The molecule has 1 fully saturated rings. The van der Waals surface area contributed by atoms with Crippen LogP contribution in [0.3, 0.4) is 0 Å². The molecular formula is C19H24N4O2S. The molecule has 1 aliphatic rings. The Labute approximate surface area is 157 Å². The van der Waals surface area contributed by atoms with Crippen LogP contribution in [0.25, 0.3) is 0 Å². The van der Waals surface area contributed by atoms with E-state index in [9.17, 15) is 9.59 Å². The maximum absolute atomic E-state index is 12.2. The number of aromatic nitrogens is 1. The Bertz CT molecular complexity index is 751. The number of hydrogen-bond donors (Lipinski definition) is 2. The van der Waals surface area contributed by atoms with Crippen molar-refractivity contribution >= 4 is 34.0 Å². The van der Waals surface area contributed by atoms with Crippen molar-refractivity contribution in [2.45, 2.75) is 39.2 Å². The van der Waals surface area contributed by atoms with Crippen molar-refractivity contribution in [2.24, 2.45) is 0 Å². The van der Waals surface area contributed by atoms with Crippen LogP contribution in [0.5, 0.6) is 0 Å². The van der Waals surface area contributed by atoms with Crippen molar-refractivity contribution in [3.05, 3.63) is 40.9 Å². The fourth-order valence-corrected chi connectivity index (χ4v) is 3.76. The highest BCUT2D eigenvalue weighted by atomic mass is 32.1. The standard InChI is InChI=1S/C19H24N4O2S/c1-14(24)20-16-7-5-15(6-8-16)11-18(25)22-19-21-17(13-26-19)12-23-9-3-2-4-10-23/h5-8,13H,2-4,9-12H2,1H3,(H,20,24)(H,21,22,25). The lowest BCUT2D eigenvalue weighted by atomic mass is 10.1. The predicted molar refractivity (Wildman–Crippen MR) is 104 cm³/mol. The third-order valence-corrected chi connectivity index (χ3v) is 5.08. The van der Waals surface area contributed by atoms with Gasteiger partial charge in [-0.15, -0.1) is 11.3 Å². The smallest absolute Gasteiger partial charge is 0.230 e. The second-order valence-corrected chi connectivity index (χ2v) is 7.44. The molecule has 2 aromatic rings. The summed E-state index contributed by atoms with van der Waals surface area (Å²) in [5.41, 5.74) is 2.64. The second-order valence-electron chi connectivity index (χ2n) is 6.58. The summed E-state index contributed by atoms with van der Waals surface area (Å²) in [5, 5.41) is 8.25. The zero-order chi connectivity index (χ0) is 18.4. The number of carbonyl (C=O) groups excluding carboxylic acids is 2. The van der Waals surface area contributed by atoms with Gasteiger partial charge < -0.3 is 10.6 Å². The molecule has 2 N–H and O–H groups in total. The number of carbonyl (C=O) groups is 2. The average molecular weight is 372 g/mol.